The van der Waals surface area contributed by atoms with Crippen LogP contribution >= 0.6 is 35.6 Å². The summed E-state index contributed by atoms with van der Waals surface area (Å²) in [6.07, 6.45) is 4.17. The summed E-state index contributed by atoms with van der Waals surface area (Å²) in [7, 11) is 0. The van der Waals surface area contributed by atoms with Gasteiger partial charge >= 0.3 is 0 Å². The molecule has 1 aromatic carbocycles. The summed E-state index contributed by atoms with van der Waals surface area (Å²) in [6, 6.07) is 12.1. The van der Waals surface area contributed by atoms with Crippen molar-refractivity contribution in [1.29, 1.82) is 0 Å². The van der Waals surface area contributed by atoms with Gasteiger partial charge in [0.1, 0.15) is 5.03 Å². The molecule has 0 bridgehead atoms. The zero-order chi connectivity index (χ0) is 14.7. The van der Waals surface area contributed by atoms with Gasteiger partial charge < -0.3 is 10.6 Å². The minimum absolute atomic E-state index is 0.536. The molecule has 2 aromatic rings. The number of anilines is 1. The lowest BCUT2D eigenvalue weighted by Crippen LogP contribution is -2.30. The summed E-state index contributed by atoms with van der Waals surface area (Å²) in [6.45, 7) is 0. The third-order valence-corrected chi connectivity index (χ3v) is 4.46. The van der Waals surface area contributed by atoms with E-state index in [4.69, 9.17) is 23.8 Å². The predicted molar refractivity (Wildman–Crippen MR) is 92.2 cm³/mol. The summed E-state index contributed by atoms with van der Waals surface area (Å²) in [5, 5.41) is 8.77. The maximum Gasteiger partial charge on any atom is 0.171 e. The van der Waals surface area contributed by atoms with Crippen LogP contribution in [0.25, 0.3) is 0 Å². The molecule has 1 aromatic heterocycles. The molecule has 0 spiro atoms. The van der Waals surface area contributed by atoms with Gasteiger partial charge in [-0.3, -0.25) is 0 Å². The Balaban J connectivity index is 1.72. The van der Waals surface area contributed by atoms with Crippen molar-refractivity contribution in [3.8, 4) is 0 Å². The second-order valence-corrected chi connectivity index (χ2v) is 6.69. The molecule has 3 nitrogen and oxygen atoms in total. The van der Waals surface area contributed by atoms with E-state index in [1.165, 1.54) is 12.8 Å². The molecule has 2 N–H and O–H groups in total. The first-order chi connectivity index (χ1) is 10.2. The van der Waals surface area contributed by atoms with E-state index < -0.39 is 0 Å². The van der Waals surface area contributed by atoms with Crippen LogP contribution in [0.4, 0.5) is 5.69 Å². The number of rotatable bonds is 4. The molecule has 0 amide bonds. The van der Waals surface area contributed by atoms with Gasteiger partial charge in [0.2, 0.25) is 0 Å². The summed E-state index contributed by atoms with van der Waals surface area (Å²) in [4.78, 5) is 5.51. The molecule has 0 radical (unpaired) electrons. The van der Waals surface area contributed by atoms with Crippen LogP contribution in [0.3, 0.4) is 0 Å². The topological polar surface area (TPSA) is 37.0 Å². The zero-order valence-electron chi connectivity index (χ0n) is 11.2. The Kier molecular flexibility index (Phi) is 4.63. The molecule has 108 valence electrons. The number of nitrogens with one attached hydrogen (secondary N) is 2. The van der Waals surface area contributed by atoms with E-state index in [2.05, 4.69) is 15.6 Å². The molecule has 1 aliphatic carbocycles. The van der Waals surface area contributed by atoms with Crippen LogP contribution in [-0.4, -0.2) is 16.1 Å². The zero-order valence-corrected chi connectivity index (χ0v) is 13.6. The van der Waals surface area contributed by atoms with Gasteiger partial charge in [0.15, 0.2) is 5.11 Å². The summed E-state index contributed by atoms with van der Waals surface area (Å²) in [5.41, 5.74) is 0.913. The molecule has 21 heavy (non-hydrogen) atoms. The van der Waals surface area contributed by atoms with Crippen molar-refractivity contribution in [2.45, 2.75) is 28.8 Å². The summed E-state index contributed by atoms with van der Waals surface area (Å²) < 4.78 is 0. The molecule has 0 atom stereocenters. The number of thiocarbonyl (C=S) groups is 1. The molecular weight excluding hydrogens is 322 g/mol. The van der Waals surface area contributed by atoms with Crippen LogP contribution in [0.15, 0.2) is 52.5 Å². The Bertz CT molecular complexity index is 642. The molecule has 1 aliphatic rings. The Morgan fingerprint density at radius 1 is 1.24 bits per heavy atom. The number of halogens is 1. The van der Waals surface area contributed by atoms with Crippen molar-refractivity contribution in [2.75, 3.05) is 5.32 Å². The molecule has 1 saturated carbocycles. The Morgan fingerprint density at radius 2 is 2.00 bits per heavy atom. The van der Waals surface area contributed by atoms with Crippen LogP contribution < -0.4 is 10.6 Å². The SMILES string of the molecule is S=C(Nc1cccnc1Sc1ccc(Cl)cc1)NC1CC1. The van der Waals surface area contributed by atoms with Crippen LogP contribution in [0.5, 0.6) is 0 Å². The molecule has 0 saturated heterocycles. The summed E-state index contributed by atoms with van der Waals surface area (Å²) >= 11 is 12.8. The number of nitrogens with zero attached hydrogens (tertiary/aromatic N) is 1. The maximum atomic E-state index is 5.91. The van der Waals surface area contributed by atoms with Crippen LogP contribution in [0, 0.1) is 0 Å². The Labute approximate surface area is 138 Å². The predicted octanol–water partition coefficient (Wildman–Crippen LogP) is 4.34. The van der Waals surface area contributed by atoms with E-state index in [1.54, 1.807) is 18.0 Å². The first kappa shape index (κ1) is 14.6. The van der Waals surface area contributed by atoms with Crippen molar-refractivity contribution in [1.82, 2.24) is 10.3 Å². The maximum absolute atomic E-state index is 5.91. The largest absolute Gasteiger partial charge is 0.360 e. The average molecular weight is 336 g/mol. The van der Waals surface area contributed by atoms with Crippen molar-refractivity contribution >= 4 is 46.4 Å². The fraction of sp³-hybridized carbons (Fsp3) is 0.200. The Hall–Kier alpha value is -1.30. The van der Waals surface area contributed by atoms with Gasteiger partial charge in [-0.2, -0.15) is 0 Å². The molecule has 1 fully saturated rings. The fourth-order valence-corrected chi connectivity index (χ4v) is 2.99. The molecule has 3 rings (SSSR count). The van der Waals surface area contributed by atoms with Crippen LogP contribution in [0.2, 0.25) is 5.02 Å². The van der Waals surface area contributed by atoms with Gasteiger partial charge in [0, 0.05) is 22.2 Å². The second kappa shape index (κ2) is 6.64. The third-order valence-electron chi connectivity index (χ3n) is 2.96. The normalized spacial score (nSPS) is 13.8. The van der Waals surface area contributed by atoms with E-state index in [0.29, 0.717) is 11.2 Å². The van der Waals surface area contributed by atoms with Crippen molar-refractivity contribution in [3.63, 3.8) is 0 Å². The molecule has 6 heteroatoms. The lowest BCUT2D eigenvalue weighted by Gasteiger charge is -2.12. The van der Waals surface area contributed by atoms with Gasteiger partial charge in [0.05, 0.1) is 5.69 Å². The van der Waals surface area contributed by atoms with E-state index in [0.717, 1.165) is 20.6 Å². The molecule has 0 unspecified atom stereocenters. The quantitative estimate of drug-likeness (QED) is 0.813. The fourth-order valence-electron chi connectivity index (χ4n) is 1.75. The van der Waals surface area contributed by atoms with Crippen LogP contribution in [0.1, 0.15) is 12.8 Å². The first-order valence-electron chi connectivity index (χ1n) is 6.67. The highest BCUT2D eigenvalue weighted by molar-refractivity contribution is 7.99. The standard InChI is InChI=1S/C15H14ClN3S2/c16-10-3-7-12(8-4-10)21-14-13(2-1-9-17-14)19-15(20)18-11-5-6-11/h1-4,7-9,11H,5-6H2,(H2,18,19,20). The number of benzene rings is 1. The smallest absolute Gasteiger partial charge is 0.171 e. The van der Waals surface area contributed by atoms with E-state index >= 15 is 0 Å². The Morgan fingerprint density at radius 3 is 2.71 bits per heavy atom. The highest BCUT2D eigenvalue weighted by Gasteiger charge is 2.22. The second-order valence-electron chi connectivity index (χ2n) is 4.78. The van der Waals surface area contributed by atoms with E-state index in [-0.39, 0.29) is 0 Å². The highest BCUT2D eigenvalue weighted by atomic mass is 35.5. The van der Waals surface area contributed by atoms with Crippen molar-refractivity contribution in [3.05, 3.63) is 47.6 Å². The monoisotopic (exact) mass is 335 g/mol. The lowest BCUT2D eigenvalue weighted by atomic mass is 10.4. The van der Waals surface area contributed by atoms with Gasteiger partial charge in [-0.1, -0.05) is 23.4 Å². The molecule has 1 heterocycles. The minimum Gasteiger partial charge on any atom is -0.360 e. The number of hydrogen-bond acceptors (Lipinski definition) is 3. The van der Waals surface area contributed by atoms with E-state index in [9.17, 15) is 0 Å². The highest BCUT2D eigenvalue weighted by Crippen LogP contribution is 2.32. The molecule has 0 aliphatic heterocycles. The van der Waals surface area contributed by atoms with Gasteiger partial charge in [0.25, 0.3) is 0 Å². The number of aromatic nitrogens is 1. The minimum atomic E-state index is 0.536. The van der Waals surface area contributed by atoms with Crippen molar-refractivity contribution < 1.29 is 0 Å². The lowest BCUT2D eigenvalue weighted by molar-refractivity contribution is 0.918. The average Bonchev–Trinajstić information content (AvgIpc) is 3.27. The van der Waals surface area contributed by atoms with E-state index in [1.807, 2.05) is 36.4 Å². The van der Waals surface area contributed by atoms with Gasteiger partial charge in [-0.25, -0.2) is 4.98 Å². The first-order valence-corrected chi connectivity index (χ1v) is 8.27. The number of pyridine rings is 1. The van der Waals surface area contributed by atoms with Gasteiger partial charge in [-0.05, 0) is 61.5 Å². The number of hydrogen-bond donors (Lipinski definition) is 2. The van der Waals surface area contributed by atoms with Crippen LogP contribution in [-0.2, 0) is 0 Å². The summed E-state index contributed by atoms with van der Waals surface area (Å²) in [5.74, 6) is 0. The molecular formula is C15H14ClN3S2. The van der Waals surface area contributed by atoms with Crippen molar-refractivity contribution in [2.24, 2.45) is 0 Å². The third kappa shape index (κ3) is 4.33. The van der Waals surface area contributed by atoms with Gasteiger partial charge in [-0.15, -0.1) is 0 Å².